The summed E-state index contributed by atoms with van der Waals surface area (Å²) < 4.78 is 5.49. The van der Waals surface area contributed by atoms with Gasteiger partial charge in [0.25, 0.3) is 11.8 Å². The smallest absolute Gasteiger partial charge is 0.328 e. The van der Waals surface area contributed by atoms with Crippen LogP contribution < -0.4 is 16.0 Å². The highest BCUT2D eigenvalue weighted by Crippen LogP contribution is 2.19. The van der Waals surface area contributed by atoms with E-state index in [1.165, 1.54) is 49.5 Å². The highest BCUT2D eigenvalue weighted by atomic mass is 32.2. The number of hydrogen-bond acceptors (Lipinski definition) is 9. The number of nitrogens with zero attached hydrogens (tertiary/aromatic N) is 1. The Morgan fingerprint density at radius 2 is 1.97 bits per heavy atom. The Labute approximate surface area is 218 Å². The van der Waals surface area contributed by atoms with Crippen molar-refractivity contribution < 1.29 is 28.7 Å². The lowest BCUT2D eigenvalue weighted by atomic mass is 10.2. The fourth-order valence-electron chi connectivity index (χ4n) is 3.06. The zero-order chi connectivity index (χ0) is 26.7. The third-order valence-electron chi connectivity index (χ3n) is 4.92. The molecule has 3 N–H and O–H groups in total. The van der Waals surface area contributed by atoms with Crippen LogP contribution in [0.4, 0.5) is 0 Å². The third-order valence-corrected chi connectivity index (χ3v) is 6.57. The molecule has 1 aliphatic heterocycles. The molecule has 0 aliphatic carbocycles. The summed E-state index contributed by atoms with van der Waals surface area (Å²) in [7, 11) is 0. The Balaban J connectivity index is 2.32. The van der Waals surface area contributed by atoms with Crippen LogP contribution in [0.25, 0.3) is 0 Å². The first kappa shape index (κ1) is 29.1. The standard InChI is InChI=1S/C24H30N4O6S2/c1-5-17-22(31)26-14(2)24(33)34-16(8-6-7-11-36-15(3)29)12-21(30)25-13-19-20(35-4)10-9-18(27-19)23(32)28-17/h5-6,8-10,14,16H,7,11-13H2,1-4H3,(H,25,30)(H,26,31)(H,28,32)/b8-6+,17-5-/t14-,16+/m0/s1. The molecule has 0 saturated heterocycles. The predicted octanol–water partition coefficient (Wildman–Crippen LogP) is 2.10. The molecule has 0 fully saturated rings. The van der Waals surface area contributed by atoms with E-state index in [1.807, 2.05) is 6.26 Å². The van der Waals surface area contributed by atoms with Crippen molar-refractivity contribution in [3.63, 3.8) is 0 Å². The van der Waals surface area contributed by atoms with Crippen LogP contribution in [0.1, 0.15) is 49.8 Å². The number of allylic oxidation sites excluding steroid dienone is 2. The van der Waals surface area contributed by atoms with E-state index < -0.39 is 29.9 Å². The number of rotatable bonds is 5. The summed E-state index contributed by atoms with van der Waals surface area (Å²) in [6.07, 6.45) is 6.11. The van der Waals surface area contributed by atoms with Crippen LogP contribution in [0.5, 0.6) is 0 Å². The molecule has 36 heavy (non-hydrogen) atoms. The van der Waals surface area contributed by atoms with E-state index in [-0.39, 0.29) is 35.4 Å². The van der Waals surface area contributed by atoms with Crippen LogP contribution in [-0.2, 0) is 30.5 Å². The van der Waals surface area contributed by atoms with E-state index in [4.69, 9.17) is 4.74 Å². The number of cyclic esters (lactones) is 1. The van der Waals surface area contributed by atoms with Gasteiger partial charge in [-0.3, -0.25) is 19.2 Å². The van der Waals surface area contributed by atoms with Gasteiger partial charge in [-0.2, -0.15) is 0 Å². The molecule has 194 valence electrons. The molecule has 2 atom stereocenters. The molecule has 0 spiro atoms. The first-order valence-corrected chi connectivity index (χ1v) is 13.4. The fourth-order valence-corrected chi connectivity index (χ4v) is 4.16. The van der Waals surface area contributed by atoms with Crippen LogP contribution in [0, 0.1) is 0 Å². The summed E-state index contributed by atoms with van der Waals surface area (Å²) in [5.41, 5.74) is 0.519. The number of ether oxygens (including phenoxy) is 1. The van der Waals surface area contributed by atoms with Crippen molar-refractivity contribution >= 4 is 52.3 Å². The SMILES string of the molecule is C/C=C1\NC(=O)c2ccc(SC)c(n2)CNC(=O)C[C@@H](/C=C/CCSC(C)=O)OC(=O)[C@H](C)NC1=O. The second-order valence-electron chi connectivity index (χ2n) is 7.71. The Bertz CT molecular complexity index is 1070. The number of esters is 1. The first-order chi connectivity index (χ1) is 17.1. The zero-order valence-corrected chi connectivity index (χ0v) is 22.2. The molecule has 3 amide bonds. The number of carbonyl (C=O) groups is 5. The van der Waals surface area contributed by atoms with E-state index in [0.717, 1.165) is 4.90 Å². The van der Waals surface area contributed by atoms with Crippen molar-refractivity contribution in [2.45, 2.75) is 57.2 Å². The van der Waals surface area contributed by atoms with Gasteiger partial charge in [0, 0.05) is 17.6 Å². The number of thioether (sulfide) groups is 2. The van der Waals surface area contributed by atoms with Crippen molar-refractivity contribution in [2.75, 3.05) is 12.0 Å². The summed E-state index contributed by atoms with van der Waals surface area (Å²) in [6, 6.07) is 2.21. The highest BCUT2D eigenvalue weighted by molar-refractivity contribution is 8.13. The minimum Gasteiger partial charge on any atom is -0.456 e. The summed E-state index contributed by atoms with van der Waals surface area (Å²) in [6.45, 7) is 4.56. The second-order valence-corrected chi connectivity index (χ2v) is 9.83. The Morgan fingerprint density at radius 1 is 1.22 bits per heavy atom. The summed E-state index contributed by atoms with van der Waals surface area (Å²) in [4.78, 5) is 66.9. The summed E-state index contributed by atoms with van der Waals surface area (Å²) in [5.74, 6) is -1.85. The van der Waals surface area contributed by atoms with Crippen molar-refractivity contribution in [1.82, 2.24) is 20.9 Å². The van der Waals surface area contributed by atoms with Crippen molar-refractivity contribution in [3.05, 3.63) is 47.4 Å². The summed E-state index contributed by atoms with van der Waals surface area (Å²) in [5, 5.41) is 7.77. The molecule has 2 heterocycles. The molecule has 2 bridgehead atoms. The Kier molecular flexibility index (Phi) is 11.7. The number of carbonyl (C=O) groups excluding carboxylic acids is 5. The number of amides is 3. The van der Waals surface area contributed by atoms with E-state index in [0.29, 0.717) is 17.9 Å². The van der Waals surface area contributed by atoms with Crippen LogP contribution >= 0.6 is 23.5 Å². The fraction of sp³-hybridized carbons (Fsp3) is 0.417. The van der Waals surface area contributed by atoms with E-state index in [9.17, 15) is 24.0 Å². The minimum atomic E-state index is -1.05. The van der Waals surface area contributed by atoms with Crippen LogP contribution in [0.3, 0.4) is 0 Å². The molecule has 0 saturated carbocycles. The molecule has 1 aliphatic rings. The normalized spacial score (nSPS) is 21.1. The predicted molar refractivity (Wildman–Crippen MR) is 138 cm³/mol. The largest absolute Gasteiger partial charge is 0.456 e. The maximum Gasteiger partial charge on any atom is 0.328 e. The molecule has 1 aromatic heterocycles. The van der Waals surface area contributed by atoms with Gasteiger partial charge in [0.1, 0.15) is 23.5 Å². The molecule has 0 radical (unpaired) electrons. The van der Waals surface area contributed by atoms with Crippen LogP contribution in [0.2, 0.25) is 0 Å². The van der Waals surface area contributed by atoms with Crippen molar-refractivity contribution in [2.24, 2.45) is 0 Å². The Morgan fingerprint density at radius 3 is 2.64 bits per heavy atom. The molecular weight excluding hydrogens is 504 g/mol. The average Bonchev–Trinajstić information content (AvgIpc) is 2.84. The van der Waals surface area contributed by atoms with E-state index in [2.05, 4.69) is 20.9 Å². The van der Waals surface area contributed by atoms with Gasteiger partial charge in [-0.15, -0.1) is 11.8 Å². The van der Waals surface area contributed by atoms with Gasteiger partial charge in [-0.25, -0.2) is 9.78 Å². The molecule has 2 rings (SSSR count). The third kappa shape index (κ3) is 9.15. The van der Waals surface area contributed by atoms with Gasteiger partial charge in [-0.1, -0.05) is 23.9 Å². The lowest BCUT2D eigenvalue weighted by molar-refractivity contribution is -0.151. The maximum absolute atomic E-state index is 12.7. The second kappa shape index (κ2) is 14.4. The topological polar surface area (TPSA) is 144 Å². The minimum absolute atomic E-state index is 0.00228. The summed E-state index contributed by atoms with van der Waals surface area (Å²) >= 11 is 2.59. The van der Waals surface area contributed by atoms with Gasteiger partial charge in [-0.05, 0) is 44.7 Å². The first-order valence-electron chi connectivity index (χ1n) is 11.2. The van der Waals surface area contributed by atoms with Crippen LogP contribution in [-0.4, -0.2) is 57.9 Å². The van der Waals surface area contributed by atoms with Gasteiger partial charge < -0.3 is 20.7 Å². The molecular formula is C24H30N4O6S2. The molecule has 0 unspecified atom stereocenters. The molecule has 12 heteroatoms. The van der Waals surface area contributed by atoms with E-state index in [1.54, 1.807) is 25.1 Å². The monoisotopic (exact) mass is 534 g/mol. The Hall–Kier alpha value is -3.12. The number of hydrogen-bond donors (Lipinski definition) is 3. The number of fused-ring (bicyclic) bond motifs is 2. The zero-order valence-electron chi connectivity index (χ0n) is 20.6. The maximum atomic E-state index is 12.7. The van der Waals surface area contributed by atoms with Gasteiger partial charge in [0.15, 0.2) is 5.12 Å². The van der Waals surface area contributed by atoms with Crippen molar-refractivity contribution in [3.8, 4) is 0 Å². The van der Waals surface area contributed by atoms with Crippen molar-refractivity contribution in [1.29, 1.82) is 0 Å². The average molecular weight is 535 g/mol. The molecule has 0 aromatic carbocycles. The van der Waals surface area contributed by atoms with Gasteiger partial charge >= 0.3 is 5.97 Å². The number of nitrogens with one attached hydrogen (secondary N) is 3. The lowest BCUT2D eigenvalue weighted by Gasteiger charge is -2.20. The molecule has 1 aromatic rings. The lowest BCUT2D eigenvalue weighted by Crippen LogP contribution is -2.44. The van der Waals surface area contributed by atoms with Gasteiger partial charge in [0.05, 0.1) is 18.7 Å². The number of aromatic nitrogens is 1. The number of pyridine rings is 1. The quantitative estimate of drug-likeness (QED) is 0.170. The van der Waals surface area contributed by atoms with E-state index >= 15 is 0 Å². The van der Waals surface area contributed by atoms with Crippen LogP contribution in [0.15, 0.2) is 41.0 Å². The molecule has 10 nitrogen and oxygen atoms in total. The van der Waals surface area contributed by atoms with Gasteiger partial charge in [0.2, 0.25) is 5.91 Å². The highest BCUT2D eigenvalue weighted by Gasteiger charge is 2.25.